The average Bonchev–Trinajstić information content (AvgIpc) is 2.49. The maximum absolute atomic E-state index is 5.93. The monoisotopic (exact) mass is 292 g/mol. The average molecular weight is 292 g/mol. The molecule has 0 saturated carbocycles. The summed E-state index contributed by atoms with van der Waals surface area (Å²) in [6.07, 6.45) is 2.54. The molecule has 0 radical (unpaired) electrons. The zero-order valence-corrected chi connectivity index (χ0v) is 13.3. The molecule has 4 heteroatoms. The SMILES string of the molecule is CCOc1ccccc1OCCN1CCCC(C)C1CN. The van der Waals surface area contributed by atoms with Crippen LogP contribution >= 0.6 is 0 Å². The highest BCUT2D eigenvalue weighted by Crippen LogP contribution is 2.27. The molecule has 1 heterocycles. The van der Waals surface area contributed by atoms with Gasteiger partial charge >= 0.3 is 0 Å². The van der Waals surface area contributed by atoms with Gasteiger partial charge in [-0.05, 0) is 44.4 Å². The van der Waals surface area contributed by atoms with Gasteiger partial charge in [-0.25, -0.2) is 0 Å². The smallest absolute Gasteiger partial charge is 0.161 e. The molecule has 2 N–H and O–H groups in total. The lowest BCUT2D eigenvalue weighted by atomic mass is 9.91. The van der Waals surface area contributed by atoms with Gasteiger partial charge in [-0.3, -0.25) is 4.90 Å². The summed E-state index contributed by atoms with van der Waals surface area (Å²) in [7, 11) is 0. The first-order valence-corrected chi connectivity index (χ1v) is 8.05. The Morgan fingerprint density at radius 1 is 1.24 bits per heavy atom. The molecule has 1 aliphatic rings. The largest absolute Gasteiger partial charge is 0.490 e. The zero-order valence-electron chi connectivity index (χ0n) is 13.3. The number of hydrogen-bond donors (Lipinski definition) is 1. The third-order valence-electron chi connectivity index (χ3n) is 4.26. The van der Waals surface area contributed by atoms with E-state index in [1.54, 1.807) is 0 Å². The van der Waals surface area contributed by atoms with E-state index in [0.29, 0.717) is 25.2 Å². The number of para-hydroxylation sites is 2. The Hall–Kier alpha value is -1.26. The molecular weight excluding hydrogens is 264 g/mol. The number of rotatable bonds is 7. The molecule has 0 amide bonds. The second-order valence-corrected chi connectivity index (χ2v) is 5.69. The van der Waals surface area contributed by atoms with E-state index in [1.807, 2.05) is 31.2 Å². The summed E-state index contributed by atoms with van der Waals surface area (Å²) >= 11 is 0. The molecule has 1 fully saturated rings. The quantitative estimate of drug-likeness (QED) is 0.839. The molecule has 118 valence electrons. The fraction of sp³-hybridized carbons (Fsp3) is 0.647. The third kappa shape index (κ3) is 4.35. The van der Waals surface area contributed by atoms with Gasteiger partial charge in [-0.15, -0.1) is 0 Å². The summed E-state index contributed by atoms with van der Waals surface area (Å²) in [5.41, 5.74) is 5.93. The molecule has 2 rings (SSSR count). The molecular formula is C17H28N2O2. The summed E-state index contributed by atoms with van der Waals surface area (Å²) in [4.78, 5) is 2.47. The van der Waals surface area contributed by atoms with E-state index in [4.69, 9.17) is 15.2 Å². The predicted octanol–water partition coefficient (Wildman–Crippen LogP) is 2.52. The first kappa shape index (κ1) is 16.1. The minimum Gasteiger partial charge on any atom is -0.490 e. The van der Waals surface area contributed by atoms with Crippen LogP contribution in [0.3, 0.4) is 0 Å². The number of nitrogens with two attached hydrogens (primary N) is 1. The van der Waals surface area contributed by atoms with Crippen molar-refractivity contribution < 1.29 is 9.47 Å². The van der Waals surface area contributed by atoms with Gasteiger partial charge < -0.3 is 15.2 Å². The van der Waals surface area contributed by atoms with Crippen molar-refractivity contribution in [1.29, 1.82) is 0 Å². The van der Waals surface area contributed by atoms with Gasteiger partial charge in [0, 0.05) is 19.1 Å². The van der Waals surface area contributed by atoms with E-state index in [9.17, 15) is 0 Å². The van der Waals surface area contributed by atoms with Gasteiger partial charge in [0.15, 0.2) is 11.5 Å². The Labute approximate surface area is 128 Å². The maximum atomic E-state index is 5.93. The summed E-state index contributed by atoms with van der Waals surface area (Å²) in [5.74, 6) is 2.33. The van der Waals surface area contributed by atoms with E-state index < -0.39 is 0 Å². The summed E-state index contributed by atoms with van der Waals surface area (Å²) in [5, 5.41) is 0. The first-order valence-electron chi connectivity index (χ1n) is 8.05. The van der Waals surface area contributed by atoms with Gasteiger partial charge in [0.25, 0.3) is 0 Å². The van der Waals surface area contributed by atoms with Gasteiger partial charge in [-0.1, -0.05) is 19.1 Å². The third-order valence-corrected chi connectivity index (χ3v) is 4.26. The van der Waals surface area contributed by atoms with Crippen LogP contribution in [-0.2, 0) is 0 Å². The molecule has 2 unspecified atom stereocenters. The highest BCUT2D eigenvalue weighted by molar-refractivity contribution is 5.39. The minimum absolute atomic E-state index is 0.490. The van der Waals surface area contributed by atoms with Crippen LogP contribution in [0, 0.1) is 5.92 Å². The normalized spacial score (nSPS) is 23.0. The zero-order chi connectivity index (χ0) is 15.1. The Bertz CT molecular complexity index is 425. The van der Waals surface area contributed by atoms with Crippen LogP contribution in [0.2, 0.25) is 0 Å². The van der Waals surface area contributed by atoms with Crippen molar-refractivity contribution in [1.82, 2.24) is 4.90 Å². The van der Waals surface area contributed by atoms with Gasteiger partial charge in [0.2, 0.25) is 0 Å². The highest BCUT2D eigenvalue weighted by atomic mass is 16.5. The number of piperidine rings is 1. The summed E-state index contributed by atoms with van der Waals surface area (Å²) in [6, 6.07) is 8.34. The Balaban J connectivity index is 1.86. The van der Waals surface area contributed by atoms with Gasteiger partial charge in [0.1, 0.15) is 6.61 Å². The van der Waals surface area contributed by atoms with Crippen LogP contribution in [-0.4, -0.2) is 43.8 Å². The van der Waals surface area contributed by atoms with Crippen molar-refractivity contribution in [2.75, 3.05) is 32.8 Å². The topological polar surface area (TPSA) is 47.7 Å². The fourth-order valence-electron chi connectivity index (χ4n) is 3.11. The highest BCUT2D eigenvalue weighted by Gasteiger charge is 2.26. The van der Waals surface area contributed by atoms with Gasteiger partial charge in [0.05, 0.1) is 6.61 Å². The number of benzene rings is 1. The summed E-state index contributed by atoms with van der Waals surface area (Å²) in [6.45, 7) is 8.39. The van der Waals surface area contributed by atoms with Crippen LogP contribution in [0.5, 0.6) is 11.5 Å². The minimum atomic E-state index is 0.490. The number of likely N-dealkylation sites (tertiary alicyclic amines) is 1. The van der Waals surface area contributed by atoms with E-state index >= 15 is 0 Å². The second kappa shape index (κ2) is 8.25. The Morgan fingerprint density at radius 2 is 1.95 bits per heavy atom. The van der Waals surface area contributed by atoms with Crippen molar-refractivity contribution in [3.63, 3.8) is 0 Å². The van der Waals surface area contributed by atoms with E-state index in [1.165, 1.54) is 12.8 Å². The van der Waals surface area contributed by atoms with Crippen molar-refractivity contribution in [3.05, 3.63) is 24.3 Å². The molecule has 1 aromatic carbocycles. The molecule has 0 aromatic heterocycles. The Morgan fingerprint density at radius 3 is 2.62 bits per heavy atom. The molecule has 1 saturated heterocycles. The van der Waals surface area contributed by atoms with Crippen molar-refractivity contribution in [2.45, 2.75) is 32.7 Å². The summed E-state index contributed by atoms with van der Waals surface area (Å²) < 4.78 is 11.5. The van der Waals surface area contributed by atoms with Crippen molar-refractivity contribution in [2.24, 2.45) is 11.7 Å². The van der Waals surface area contributed by atoms with E-state index in [2.05, 4.69) is 11.8 Å². The van der Waals surface area contributed by atoms with Crippen molar-refractivity contribution >= 4 is 0 Å². The van der Waals surface area contributed by atoms with Crippen molar-refractivity contribution in [3.8, 4) is 11.5 Å². The van der Waals surface area contributed by atoms with Crippen LogP contribution in [0.15, 0.2) is 24.3 Å². The number of ether oxygens (including phenoxy) is 2. The molecule has 2 atom stereocenters. The van der Waals surface area contributed by atoms with Gasteiger partial charge in [-0.2, -0.15) is 0 Å². The van der Waals surface area contributed by atoms with Crippen LogP contribution in [0.25, 0.3) is 0 Å². The fourth-order valence-corrected chi connectivity index (χ4v) is 3.11. The van der Waals surface area contributed by atoms with Crippen LogP contribution < -0.4 is 15.2 Å². The standard InChI is InChI=1S/C17H28N2O2/c1-3-20-16-8-4-5-9-17(16)21-12-11-19-10-6-7-14(2)15(19)13-18/h4-5,8-9,14-15H,3,6-7,10-13,18H2,1-2H3. The van der Waals surface area contributed by atoms with E-state index in [0.717, 1.165) is 31.1 Å². The molecule has 4 nitrogen and oxygen atoms in total. The first-order chi connectivity index (χ1) is 10.3. The lowest BCUT2D eigenvalue weighted by Gasteiger charge is -2.39. The predicted molar refractivity (Wildman–Crippen MR) is 85.9 cm³/mol. The molecule has 21 heavy (non-hydrogen) atoms. The van der Waals surface area contributed by atoms with Crippen LogP contribution in [0.4, 0.5) is 0 Å². The molecule has 1 aliphatic heterocycles. The Kier molecular flexibility index (Phi) is 6.33. The molecule has 0 aliphatic carbocycles. The lowest BCUT2D eigenvalue weighted by molar-refractivity contribution is 0.0888. The molecule has 1 aromatic rings. The number of nitrogens with zero attached hydrogens (tertiary/aromatic N) is 1. The second-order valence-electron chi connectivity index (χ2n) is 5.69. The molecule has 0 bridgehead atoms. The molecule has 0 spiro atoms. The maximum Gasteiger partial charge on any atom is 0.161 e. The van der Waals surface area contributed by atoms with Crippen LogP contribution in [0.1, 0.15) is 26.7 Å². The van der Waals surface area contributed by atoms with E-state index in [-0.39, 0.29) is 0 Å². The lowest BCUT2D eigenvalue weighted by Crippen LogP contribution is -2.49. The number of hydrogen-bond acceptors (Lipinski definition) is 4.